The number of nitrogens with zero attached hydrogens (tertiary/aromatic N) is 4. The minimum atomic E-state index is 0.550. The number of pyridine rings is 1. The first-order valence-corrected chi connectivity index (χ1v) is 9.08. The zero-order valence-electron chi connectivity index (χ0n) is 15.0. The van der Waals surface area contributed by atoms with Gasteiger partial charge in [0.05, 0.1) is 6.34 Å². The van der Waals surface area contributed by atoms with Crippen molar-refractivity contribution in [1.29, 1.82) is 5.26 Å². The second kappa shape index (κ2) is 7.94. The second-order valence-electron chi connectivity index (χ2n) is 6.26. The first-order valence-electron chi connectivity index (χ1n) is 9.08. The van der Waals surface area contributed by atoms with E-state index in [0.29, 0.717) is 11.4 Å². The Morgan fingerprint density at radius 3 is 2.56 bits per heavy atom. The summed E-state index contributed by atoms with van der Waals surface area (Å²) in [5.41, 5.74) is 5.04. The fraction of sp³-hybridized carbons (Fsp3) is 0.381. The van der Waals surface area contributed by atoms with Crippen LogP contribution in [-0.2, 0) is 12.8 Å². The maximum absolute atomic E-state index is 9.86. The fourth-order valence-electron chi connectivity index (χ4n) is 3.37. The molecule has 4 heteroatoms. The molecule has 1 heterocycles. The average Bonchev–Trinajstić information content (AvgIpc) is 2.68. The lowest BCUT2D eigenvalue weighted by Gasteiger charge is -2.21. The van der Waals surface area contributed by atoms with Crippen LogP contribution in [0.3, 0.4) is 0 Å². The van der Waals surface area contributed by atoms with Crippen molar-refractivity contribution in [3.8, 4) is 17.2 Å². The molecule has 0 saturated carbocycles. The number of fused-ring (bicyclic) bond motifs is 1. The average molecular weight is 332 g/mol. The van der Waals surface area contributed by atoms with E-state index in [1.165, 1.54) is 5.56 Å². The normalized spacial score (nSPS) is 13.5. The Kier molecular flexibility index (Phi) is 5.45. The number of aromatic nitrogens is 1. The molecule has 1 aliphatic rings. The lowest BCUT2D eigenvalue weighted by atomic mass is 9.86. The third-order valence-corrected chi connectivity index (χ3v) is 4.78. The van der Waals surface area contributed by atoms with E-state index in [4.69, 9.17) is 4.98 Å². The van der Waals surface area contributed by atoms with E-state index in [-0.39, 0.29) is 0 Å². The molecule has 0 amide bonds. The summed E-state index contributed by atoms with van der Waals surface area (Å²) in [4.78, 5) is 11.4. The summed E-state index contributed by atoms with van der Waals surface area (Å²) < 4.78 is 0. The van der Waals surface area contributed by atoms with E-state index in [1.54, 1.807) is 0 Å². The van der Waals surface area contributed by atoms with Crippen molar-refractivity contribution < 1.29 is 0 Å². The minimum Gasteiger partial charge on any atom is -0.363 e. The molecule has 128 valence electrons. The van der Waals surface area contributed by atoms with Crippen LogP contribution in [0.25, 0.3) is 11.1 Å². The van der Waals surface area contributed by atoms with Gasteiger partial charge in [-0.2, -0.15) is 5.26 Å². The van der Waals surface area contributed by atoms with Crippen LogP contribution in [0.15, 0.2) is 35.3 Å². The van der Waals surface area contributed by atoms with Crippen LogP contribution in [-0.4, -0.2) is 29.3 Å². The number of hydrogen-bond acceptors (Lipinski definition) is 3. The minimum absolute atomic E-state index is 0.550. The molecule has 4 nitrogen and oxygen atoms in total. The molecule has 3 rings (SSSR count). The van der Waals surface area contributed by atoms with Crippen LogP contribution in [0, 0.1) is 11.3 Å². The number of aryl methyl sites for hydroxylation is 1. The van der Waals surface area contributed by atoms with Crippen molar-refractivity contribution in [3.63, 3.8) is 0 Å². The van der Waals surface area contributed by atoms with Crippen LogP contribution in [0.2, 0.25) is 0 Å². The van der Waals surface area contributed by atoms with Gasteiger partial charge in [0.2, 0.25) is 0 Å². The molecule has 0 fully saturated rings. The standard InChI is InChI=1S/C21H24N4/c1-3-25(4-2)15-23-21-18(14-22)20(16-10-6-5-7-11-16)17-12-8-9-13-19(17)24-21/h5-7,10-11,15H,3-4,8-9,12-13H2,1-2H3. The highest BCUT2D eigenvalue weighted by Crippen LogP contribution is 2.37. The van der Waals surface area contributed by atoms with Gasteiger partial charge in [0.25, 0.3) is 0 Å². The molecule has 0 aliphatic heterocycles. The molecule has 1 aromatic carbocycles. The van der Waals surface area contributed by atoms with Gasteiger partial charge in [0, 0.05) is 24.3 Å². The topological polar surface area (TPSA) is 52.3 Å². The SMILES string of the molecule is CCN(C=Nc1nc2c(c(-c3ccccc3)c1C#N)CCCC2)CC. The van der Waals surface area contributed by atoms with Gasteiger partial charge in [0.15, 0.2) is 5.82 Å². The third-order valence-electron chi connectivity index (χ3n) is 4.78. The van der Waals surface area contributed by atoms with Gasteiger partial charge >= 0.3 is 0 Å². The maximum Gasteiger partial charge on any atom is 0.172 e. The van der Waals surface area contributed by atoms with E-state index in [9.17, 15) is 5.26 Å². The van der Waals surface area contributed by atoms with Gasteiger partial charge in [-0.25, -0.2) is 9.98 Å². The van der Waals surface area contributed by atoms with E-state index in [0.717, 1.165) is 55.6 Å². The molecule has 0 radical (unpaired) electrons. The Labute approximate surface area is 149 Å². The molecule has 0 unspecified atom stereocenters. The van der Waals surface area contributed by atoms with Crippen LogP contribution in [0.5, 0.6) is 0 Å². The largest absolute Gasteiger partial charge is 0.363 e. The lowest BCUT2D eigenvalue weighted by molar-refractivity contribution is 0.479. The van der Waals surface area contributed by atoms with Gasteiger partial charge in [-0.3, -0.25) is 0 Å². The predicted octanol–water partition coefficient (Wildman–Crippen LogP) is 4.50. The molecular formula is C21H24N4. The highest BCUT2D eigenvalue weighted by atomic mass is 15.1. The van der Waals surface area contributed by atoms with Crippen LogP contribution >= 0.6 is 0 Å². The number of aliphatic imine (C=N–C) groups is 1. The maximum atomic E-state index is 9.86. The number of nitriles is 1. The lowest BCUT2D eigenvalue weighted by Crippen LogP contribution is -2.20. The molecule has 25 heavy (non-hydrogen) atoms. The van der Waals surface area contributed by atoms with E-state index in [1.807, 2.05) is 24.5 Å². The van der Waals surface area contributed by atoms with Crippen molar-refractivity contribution in [1.82, 2.24) is 9.88 Å². The number of hydrogen-bond donors (Lipinski definition) is 0. The number of rotatable bonds is 5. The Bertz CT molecular complexity index is 799. The highest BCUT2D eigenvalue weighted by molar-refractivity contribution is 5.80. The first kappa shape index (κ1) is 17.2. The molecule has 0 atom stereocenters. The van der Waals surface area contributed by atoms with E-state index >= 15 is 0 Å². The highest BCUT2D eigenvalue weighted by Gasteiger charge is 2.22. The molecule has 1 aliphatic carbocycles. The van der Waals surface area contributed by atoms with E-state index < -0.39 is 0 Å². The summed E-state index contributed by atoms with van der Waals surface area (Å²) in [6.45, 7) is 5.96. The first-order chi connectivity index (χ1) is 12.3. The van der Waals surface area contributed by atoms with Crippen molar-refractivity contribution in [2.75, 3.05) is 13.1 Å². The molecule has 0 saturated heterocycles. The Morgan fingerprint density at radius 1 is 1.16 bits per heavy atom. The van der Waals surface area contributed by atoms with Gasteiger partial charge in [0.1, 0.15) is 11.6 Å². The van der Waals surface area contributed by atoms with Crippen LogP contribution < -0.4 is 0 Å². The zero-order valence-corrected chi connectivity index (χ0v) is 15.0. The Hall–Kier alpha value is -2.67. The molecule has 2 aromatic rings. The van der Waals surface area contributed by atoms with Gasteiger partial charge in [-0.15, -0.1) is 0 Å². The molecule has 0 N–H and O–H groups in total. The van der Waals surface area contributed by atoms with Crippen LogP contribution in [0.1, 0.15) is 43.5 Å². The third kappa shape index (κ3) is 3.56. The monoisotopic (exact) mass is 332 g/mol. The summed E-state index contributed by atoms with van der Waals surface area (Å²) in [5.74, 6) is 0.550. The smallest absolute Gasteiger partial charge is 0.172 e. The summed E-state index contributed by atoms with van der Waals surface area (Å²) in [5, 5.41) is 9.86. The Morgan fingerprint density at radius 2 is 1.88 bits per heavy atom. The quantitative estimate of drug-likeness (QED) is 0.598. The van der Waals surface area contributed by atoms with Crippen molar-refractivity contribution in [2.45, 2.75) is 39.5 Å². The van der Waals surface area contributed by atoms with Crippen LogP contribution in [0.4, 0.5) is 5.82 Å². The summed E-state index contributed by atoms with van der Waals surface area (Å²) in [7, 11) is 0. The van der Waals surface area contributed by atoms with Gasteiger partial charge in [-0.05, 0) is 50.7 Å². The van der Waals surface area contributed by atoms with Gasteiger partial charge < -0.3 is 4.90 Å². The zero-order chi connectivity index (χ0) is 17.6. The summed E-state index contributed by atoms with van der Waals surface area (Å²) >= 11 is 0. The molecular weight excluding hydrogens is 308 g/mol. The fourth-order valence-corrected chi connectivity index (χ4v) is 3.37. The van der Waals surface area contributed by atoms with Crippen molar-refractivity contribution in [2.24, 2.45) is 4.99 Å². The molecule has 0 bridgehead atoms. The molecule has 0 spiro atoms. The van der Waals surface area contributed by atoms with Crippen molar-refractivity contribution in [3.05, 3.63) is 47.2 Å². The van der Waals surface area contributed by atoms with E-state index in [2.05, 4.69) is 41.9 Å². The summed E-state index contributed by atoms with van der Waals surface area (Å²) in [6.07, 6.45) is 6.07. The molecule has 1 aromatic heterocycles. The predicted molar refractivity (Wildman–Crippen MR) is 102 cm³/mol. The second-order valence-corrected chi connectivity index (χ2v) is 6.26. The Balaban J connectivity index is 2.19. The van der Waals surface area contributed by atoms with Gasteiger partial charge in [-0.1, -0.05) is 30.3 Å². The number of benzene rings is 1. The summed E-state index contributed by atoms with van der Waals surface area (Å²) in [6, 6.07) is 12.6. The van der Waals surface area contributed by atoms with Crippen molar-refractivity contribution >= 4 is 12.2 Å².